The molecular weight excluding hydrogens is 544 g/mol. The maximum Gasteiger partial charge on any atom is 0.340 e. The summed E-state index contributed by atoms with van der Waals surface area (Å²) >= 11 is 0. The molecule has 5 aromatic rings. The molecule has 8 nitrogen and oxygen atoms in total. The Hall–Kier alpha value is -5.50. The van der Waals surface area contributed by atoms with Crippen LogP contribution in [0.5, 0.6) is 11.5 Å². The van der Waals surface area contributed by atoms with Crippen molar-refractivity contribution in [1.82, 2.24) is 4.40 Å². The van der Waals surface area contributed by atoms with Gasteiger partial charge in [0.25, 0.3) is 0 Å². The summed E-state index contributed by atoms with van der Waals surface area (Å²) in [6.07, 6.45) is 9.35. The summed E-state index contributed by atoms with van der Waals surface area (Å²) in [5.41, 5.74) is 4.11. The summed E-state index contributed by atoms with van der Waals surface area (Å²) < 4.78 is 19.2. The van der Waals surface area contributed by atoms with Crippen LogP contribution in [0.2, 0.25) is 0 Å². The highest BCUT2D eigenvalue weighted by atomic mass is 16.5. The molecule has 0 unspecified atom stereocenters. The molecule has 216 valence electrons. The molecule has 5 rings (SSSR count). The Kier molecular flexibility index (Phi) is 8.77. The van der Waals surface area contributed by atoms with Crippen molar-refractivity contribution in [3.8, 4) is 11.5 Å². The number of aromatic nitrogens is 2. The number of methoxy groups -OCH3 is 2. The van der Waals surface area contributed by atoms with Gasteiger partial charge in [-0.05, 0) is 84.8 Å². The number of nitrogens with zero attached hydrogens (tertiary/aromatic N) is 2. The zero-order valence-corrected chi connectivity index (χ0v) is 24.2. The van der Waals surface area contributed by atoms with Gasteiger partial charge < -0.3 is 18.6 Å². The number of hydrogen-bond donors (Lipinski definition) is 0. The molecule has 0 spiro atoms. The standard InChI is InChI=1S/C35H31N2O6/c1-4-43-35(40)30-22-32(34(39)27-9-13-29(42-3)14-10-27)37-20-17-25(21-31(30)37)6-5-24-15-18-36(19-16-24)23-33(38)26-7-11-28(41-2)12-8-26/h5-22H,4,23H2,1-3H3/q+1. The third-order valence-electron chi connectivity index (χ3n) is 7.00. The SMILES string of the molecule is CCOC(=O)c1cc(C(=O)c2ccc(OC)cc2)n2ccc(/C=C/c3cc[n+](CC(=O)c4ccc(OC)cc4)cc3)cc12. The van der Waals surface area contributed by atoms with E-state index in [4.69, 9.17) is 14.2 Å². The van der Waals surface area contributed by atoms with Crippen LogP contribution < -0.4 is 14.0 Å². The average molecular weight is 576 g/mol. The van der Waals surface area contributed by atoms with Crippen LogP contribution >= 0.6 is 0 Å². The Labute approximate surface area is 249 Å². The van der Waals surface area contributed by atoms with Crippen LogP contribution in [0.15, 0.2) is 97.5 Å². The van der Waals surface area contributed by atoms with Crippen molar-refractivity contribution in [2.45, 2.75) is 13.5 Å². The first-order chi connectivity index (χ1) is 20.9. The van der Waals surface area contributed by atoms with Gasteiger partial charge in [-0.1, -0.05) is 12.2 Å². The second-order valence-corrected chi connectivity index (χ2v) is 9.73. The molecule has 0 N–H and O–H groups in total. The number of carbonyl (C=O) groups is 3. The molecule has 0 saturated carbocycles. The van der Waals surface area contributed by atoms with E-state index in [1.807, 2.05) is 53.4 Å². The van der Waals surface area contributed by atoms with Crippen LogP contribution in [0.4, 0.5) is 0 Å². The number of hydrogen-bond acceptors (Lipinski definition) is 6. The summed E-state index contributed by atoms with van der Waals surface area (Å²) in [6, 6.07) is 23.0. The summed E-state index contributed by atoms with van der Waals surface area (Å²) in [7, 11) is 3.15. The minimum Gasteiger partial charge on any atom is -0.497 e. The maximum absolute atomic E-state index is 13.4. The highest BCUT2D eigenvalue weighted by Crippen LogP contribution is 2.24. The summed E-state index contributed by atoms with van der Waals surface area (Å²) in [6.45, 7) is 2.18. The van der Waals surface area contributed by atoms with Crippen molar-refractivity contribution in [3.63, 3.8) is 0 Å². The Bertz CT molecular complexity index is 1800. The van der Waals surface area contributed by atoms with E-state index in [1.54, 1.807) is 86.3 Å². The summed E-state index contributed by atoms with van der Waals surface area (Å²) in [5.74, 6) is 0.636. The van der Waals surface area contributed by atoms with E-state index in [2.05, 4.69) is 0 Å². The molecule has 0 aliphatic rings. The molecule has 0 bridgehead atoms. The predicted molar refractivity (Wildman–Crippen MR) is 163 cm³/mol. The molecule has 0 radical (unpaired) electrons. The summed E-state index contributed by atoms with van der Waals surface area (Å²) in [4.78, 5) is 38.9. The first-order valence-electron chi connectivity index (χ1n) is 13.8. The van der Waals surface area contributed by atoms with Crippen LogP contribution in [0.1, 0.15) is 54.8 Å². The lowest BCUT2D eigenvalue weighted by Gasteiger charge is -2.05. The molecule has 2 aromatic carbocycles. The van der Waals surface area contributed by atoms with E-state index < -0.39 is 5.97 Å². The van der Waals surface area contributed by atoms with E-state index in [0.29, 0.717) is 39.4 Å². The van der Waals surface area contributed by atoms with Crippen LogP contribution in [0.25, 0.3) is 17.7 Å². The van der Waals surface area contributed by atoms with E-state index in [0.717, 1.165) is 11.1 Å². The van der Waals surface area contributed by atoms with Crippen molar-refractivity contribution in [2.75, 3.05) is 20.8 Å². The van der Waals surface area contributed by atoms with Crippen molar-refractivity contribution in [2.24, 2.45) is 0 Å². The number of esters is 1. The van der Waals surface area contributed by atoms with E-state index in [9.17, 15) is 14.4 Å². The molecule has 3 aromatic heterocycles. The fourth-order valence-corrected chi connectivity index (χ4v) is 4.67. The van der Waals surface area contributed by atoms with Gasteiger partial charge in [0.1, 0.15) is 11.5 Å². The van der Waals surface area contributed by atoms with Crippen LogP contribution in [-0.2, 0) is 11.3 Å². The fraction of sp³-hybridized carbons (Fsp3) is 0.143. The topological polar surface area (TPSA) is 87.2 Å². The number of Topliss-reactive ketones (excluding diaryl/α,β-unsaturated/α-hetero) is 1. The van der Waals surface area contributed by atoms with Crippen molar-refractivity contribution in [1.29, 1.82) is 0 Å². The monoisotopic (exact) mass is 575 g/mol. The van der Waals surface area contributed by atoms with E-state index in [1.165, 1.54) is 0 Å². The van der Waals surface area contributed by atoms with Gasteiger partial charge in [-0.25, -0.2) is 4.79 Å². The second-order valence-electron chi connectivity index (χ2n) is 9.73. The van der Waals surface area contributed by atoms with Gasteiger partial charge in [0.05, 0.1) is 37.6 Å². The third kappa shape index (κ3) is 6.54. The Morgan fingerprint density at radius 2 is 1.37 bits per heavy atom. The average Bonchev–Trinajstić information content (AvgIpc) is 3.43. The lowest BCUT2D eigenvalue weighted by molar-refractivity contribution is -0.683. The zero-order valence-electron chi connectivity index (χ0n) is 24.2. The Balaban J connectivity index is 1.36. The molecule has 0 saturated heterocycles. The van der Waals surface area contributed by atoms with Gasteiger partial charge in [0.15, 0.2) is 12.4 Å². The number of ether oxygens (including phenoxy) is 3. The molecule has 0 atom stereocenters. The van der Waals surface area contributed by atoms with Gasteiger partial charge in [0, 0.05) is 29.5 Å². The number of benzene rings is 2. The first-order valence-corrected chi connectivity index (χ1v) is 13.8. The highest BCUT2D eigenvalue weighted by Gasteiger charge is 2.22. The lowest BCUT2D eigenvalue weighted by atomic mass is 10.1. The normalized spacial score (nSPS) is 11.0. The lowest BCUT2D eigenvalue weighted by Crippen LogP contribution is -2.37. The number of carbonyl (C=O) groups excluding carboxylic acids is 3. The molecule has 0 aliphatic carbocycles. The quantitative estimate of drug-likeness (QED) is 0.114. The Morgan fingerprint density at radius 3 is 1.98 bits per heavy atom. The van der Waals surface area contributed by atoms with Crippen LogP contribution in [0, 0.1) is 0 Å². The van der Waals surface area contributed by atoms with Gasteiger partial charge >= 0.3 is 5.97 Å². The number of rotatable bonds is 11. The number of fused-ring (bicyclic) bond motifs is 1. The van der Waals surface area contributed by atoms with E-state index in [-0.39, 0.29) is 24.7 Å². The van der Waals surface area contributed by atoms with Crippen molar-refractivity contribution < 1.29 is 33.2 Å². The maximum atomic E-state index is 13.4. The van der Waals surface area contributed by atoms with E-state index >= 15 is 0 Å². The van der Waals surface area contributed by atoms with Gasteiger partial charge in [-0.15, -0.1) is 0 Å². The van der Waals surface area contributed by atoms with Crippen LogP contribution in [0.3, 0.4) is 0 Å². The fourth-order valence-electron chi connectivity index (χ4n) is 4.67. The molecule has 0 fully saturated rings. The van der Waals surface area contributed by atoms with Gasteiger partial charge in [0.2, 0.25) is 18.1 Å². The summed E-state index contributed by atoms with van der Waals surface area (Å²) in [5, 5.41) is 0. The van der Waals surface area contributed by atoms with Gasteiger partial charge in [-0.2, -0.15) is 4.57 Å². The second kappa shape index (κ2) is 13.0. The minimum atomic E-state index is -0.494. The molecule has 43 heavy (non-hydrogen) atoms. The van der Waals surface area contributed by atoms with Crippen LogP contribution in [-0.4, -0.2) is 42.8 Å². The minimum absolute atomic E-state index is 0.00121. The number of ketones is 2. The van der Waals surface area contributed by atoms with Crippen molar-refractivity contribution >= 4 is 35.2 Å². The molecule has 8 heteroatoms. The van der Waals surface area contributed by atoms with Gasteiger partial charge in [-0.3, -0.25) is 9.59 Å². The largest absolute Gasteiger partial charge is 0.497 e. The molecular formula is C35H31N2O6+. The first kappa shape index (κ1) is 29.0. The predicted octanol–water partition coefficient (Wildman–Crippen LogP) is 5.71. The van der Waals surface area contributed by atoms with Crippen molar-refractivity contribution in [3.05, 3.63) is 131 Å². The molecule has 0 amide bonds. The highest BCUT2D eigenvalue weighted by molar-refractivity contribution is 6.11. The number of pyridine rings is 2. The third-order valence-corrected chi connectivity index (χ3v) is 7.00. The zero-order chi connectivity index (χ0) is 30.3. The molecule has 3 heterocycles. The Morgan fingerprint density at radius 1 is 0.767 bits per heavy atom. The molecule has 0 aliphatic heterocycles. The smallest absolute Gasteiger partial charge is 0.340 e.